The van der Waals surface area contributed by atoms with Gasteiger partial charge in [-0.3, -0.25) is 14.6 Å². The number of hydrogen-bond donors (Lipinski definition) is 1. The molecule has 0 saturated carbocycles. The molecule has 1 amide bonds. The lowest BCUT2D eigenvalue weighted by Crippen LogP contribution is -2.48. The van der Waals surface area contributed by atoms with Gasteiger partial charge in [0.25, 0.3) is 0 Å². The molecule has 0 unspecified atom stereocenters. The number of rotatable bonds is 6. The van der Waals surface area contributed by atoms with Gasteiger partial charge in [0, 0.05) is 43.3 Å². The number of hydrogen-bond acceptors (Lipinski definition) is 4. The smallest absolute Gasteiger partial charge is 0.238 e. The van der Waals surface area contributed by atoms with Gasteiger partial charge >= 0.3 is 0 Å². The SMILES string of the molecule is CC(C)c1ccccc1NC(=O)CN1CCN(Cc2ccc(Cl)s2)CC1. The van der Waals surface area contributed by atoms with Gasteiger partial charge < -0.3 is 5.32 Å². The first-order chi connectivity index (χ1) is 12.5. The summed E-state index contributed by atoms with van der Waals surface area (Å²) in [5.41, 5.74) is 2.11. The second-order valence-electron chi connectivity index (χ2n) is 7.05. The number of para-hydroxylation sites is 1. The predicted octanol–water partition coefficient (Wildman–Crippen LogP) is 4.28. The predicted molar refractivity (Wildman–Crippen MR) is 110 cm³/mol. The Hall–Kier alpha value is -1.40. The van der Waals surface area contributed by atoms with E-state index in [9.17, 15) is 4.79 Å². The average molecular weight is 392 g/mol. The first-order valence-corrected chi connectivity index (χ1v) is 10.3. The van der Waals surface area contributed by atoms with Crippen molar-refractivity contribution < 1.29 is 4.79 Å². The molecule has 1 aliphatic heterocycles. The third-order valence-corrected chi connectivity index (χ3v) is 5.91. The Morgan fingerprint density at radius 3 is 2.46 bits per heavy atom. The second kappa shape index (κ2) is 9.00. The van der Waals surface area contributed by atoms with Gasteiger partial charge in [0.2, 0.25) is 5.91 Å². The summed E-state index contributed by atoms with van der Waals surface area (Å²) >= 11 is 7.65. The van der Waals surface area contributed by atoms with E-state index in [2.05, 4.69) is 41.1 Å². The van der Waals surface area contributed by atoms with Crippen molar-refractivity contribution in [3.63, 3.8) is 0 Å². The van der Waals surface area contributed by atoms with Gasteiger partial charge in [-0.1, -0.05) is 43.6 Å². The van der Waals surface area contributed by atoms with Crippen LogP contribution in [-0.4, -0.2) is 48.4 Å². The van der Waals surface area contributed by atoms with E-state index in [4.69, 9.17) is 11.6 Å². The maximum absolute atomic E-state index is 12.5. The van der Waals surface area contributed by atoms with Crippen molar-refractivity contribution in [2.75, 3.05) is 38.0 Å². The van der Waals surface area contributed by atoms with Gasteiger partial charge in [-0.25, -0.2) is 0 Å². The van der Waals surface area contributed by atoms with Gasteiger partial charge in [-0.05, 0) is 29.7 Å². The van der Waals surface area contributed by atoms with Crippen LogP contribution in [0.3, 0.4) is 0 Å². The highest BCUT2D eigenvalue weighted by Crippen LogP contribution is 2.24. The molecule has 1 saturated heterocycles. The maximum Gasteiger partial charge on any atom is 0.238 e. The summed E-state index contributed by atoms with van der Waals surface area (Å²) in [5, 5.41) is 3.09. The molecule has 6 heteroatoms. The van der Waals surface area contributed by atoms with Crippen LogP contribution in [0.4, 0.5) is 5.69 Å². The number of amides is 1. The number of anilines is 1. The highest BCUT2D eigenvalue weighted by molar-refractivity contribution is 7.16. The van der Waals surface area contributed by atoms with E-state index in [1.165, 1.54) is 10.4 Å². The standard InChI is InChI=1S/C20H26ClN3OS/c1-15(2)17-5-3-4-6-18(17)22-20(25)14-24-11-9-23(10-12-24)13-16-7-8-19(21)26-16/h3-8,15H,9-14H2,1-2H3,(H,22,25). The molecule has 2 heterocycles. The molecule has 0 spiro atoms. The van der Waals surface area contributed by atoms with Crippen LogP contribution in [0, 0.1) is 0 Å². The number of nitrogens with one attached hydrogen (secondary N) is 1. The zero-order valence-electron chi connectivity index (χ0n) is 15.4. The van der Waals surface area contributed by atoms with E-state index in [1.54, 1.807) is 11.3 Å². The van der Waals surface area contributed by atoms with Gasteiger partial charge in [0.15, 0.2) is 0 Å². The molecule has 26 heavy (non-hydrogen) atoms. The second-order valence-corrected chi connectivity index (χ2v) is 8.85. The van der Waals surface area contributed by atoms with Crippen LogP contribution in [0.15, 0.2) is 36.4 Å². The molecule has 2 aromatic rings. The monoisotopic (exact) mass is 391 g/mol. The minimum Gasteiger partial charge on any atom is -0.325 e. The summed E-state index contributed by atoms with van der Waals surface area (Å²) < 4.78 is 0.844. The average Bonchev–Trinajstić information content (AvgIpc) is 3.02. The number of thiophene rings is 1. The zero-order valence-corrected chi connectivity index (χ0v) is 16.9. The number of carbonyl (C=O) groups excluding carboxylic acids is 1. The largest absolute Gasteiger partial charge is 0.325 e. The van der Waals surface area contributed by atoms with Gasteiger partial charge in [0.1, 0.15) is 0 Å². The van der Waals surface area contributed by atoms with Gasteiger partial charge in [0.05, 0.1) is 10.9 Å². The van der Waals surface area contributed by atoms with Crippen LogP contribution in [0.5, 0.6) is 0 Å². The minimum atomic E-state index is 0.0663. The number of benzene rings is 1. The number of carbonyl (C=O) groups is 1. The molecule has 0 aliphatic carbocycles. The molecule has 0 atom stereocenters. The summed E-state index contributed by atoms with van der Waals surface area (Å²) in [7, 11) is 0. The molecule has 3 rings (SSSR count). The Balaban J connectivity index is 1.46. The summed E-state index contributed by atoms with van der Waals surface area (Å²) in [5.74, 6) is 0.456. The quantitative estimate of drug-likeness (QED) is 0.798. The Kier molecular flexibility index (Phi) is 6.70. The van der Waals surface area contributed by atoms with Crippen molar-refractivity contribution in [2.45, 2.75) is 26.3 Å². The first-order valence-electron chi connectivity index (χ1n) is 9.09. The molecule has 140 valence electrons. The van der Waals surface area contributed by atoms with E-state index in [1.807, 2.05) is 24.3 Å². The van der Waals surface area contributed by atoms with Crippen molar-refractivity contribution in [3.05, 3.63) is 51.2 Å². The maximum atomic E-state index is 12.5. The highest BCUT2D eigenvalue weighted by atomic mass is 35.5. The topological polar surface area (TPSA) is 35.6 Å². The fourth-order valence-electron chi connectivity index (χ4n) is 3.27. The van der Waals surface area contributed by atoms with Crippen LogP contribution in [0.25, 0.3) is 0 Å². The number of halogens is 1. The lowest BCUT2D eigenvalue weighted by molar-refractivity contribution is -0.117. The van der Waals surface area contributed by atoms with E-state index in [0.717, 1.165) is 42.7 Å². The van der Waals surface area contributed by atoms with Crippen LogP contribution in [0.2, 0.25) is 4.34 Å². The fraction of sp³-hybridized carbons (Fsp3) is 0.450. The molecule has 0 radical (unpaired) electrons. The zero-order chi connectivity index (χ0) is 18.5. The summed E-state index contributed by atoms with van der Waals surface area (Å²) in [4.78, 5) is 18.4. The normalized spacial score (nSPS) is 16.2. The Morgan fingerprint density at radius 2 is 1.81 bits per heavy atom. The molecule has 4 nitrogen and oxygen atoms in total. The van der Waals surface area contributed by atoms with Gasteiger partial charge in [-0.2, -0.15) is 0 Å². The van der Waals surface area contributed by atoms with E-state index in [0.29, 0.717) is 12.5 Å². The van der Waals surface area contributed by atoms with Crippen molar-refractivity contribution in [1.29, 1.82) is 0 Å². The molecular weight excluding hydrogens is 366 g/mol. The number of piperazine rings is 1. The molecule has 0 bridgehead atoms. The van der Waals surface area contributed by atoms with Crippen LogP contribution < -0.4 is 5.32 Å². The fourth-order valence-corrected chi connectivity index (χ4v) is 4.40. The highest BCUT2D eigenvalue weighted by Gasteiger charge is 2.20. The molecule has 1 aromatic carbocycles. The first kappa shape index (κ1) is 19.4. The Morgan fingerprint density at radius 1 is 1.12 bits per heavy atom. The number of nitrogens with zero attached hydrogens (tertiary/aromatic N) is 2. The third-order valence-electron chi connectivity index (χ3n) is 4.70. The van der Waals surface area contributed by atoms with Crippen molar-refractivity contribution in [1.82, 2.24) is 9.80 Å². The summed E-state index contributed by atoms with van der Waals surface area (Å²) in [6, 6.07) is 12.1. The minimum absolute atomic E-state index is 0.0663. The Labute approximate surface area is 164 Å². The molecular formula is C20H26ClN3OS. The van der Waals surface area contributed by atoms with Crippen LogP contribution >= 0.6 is 22.9 Å². The van der Waals surface area contributed by atoms with Crippen LogP contribution in [0.1, 0.15) is 30.2 Å². The van der Waals surface area contributed by atoms with E-state index >= 15 is 0 Å². The summed E-state index contributed by atoms with van der Waals surface area (Å²) in [6.45, 7) is 9.47. The van der Waals surface area contributed by atoms with E-state index in [-0.39, 0.29) is 5.91 Å². The van der Waals surface area contributed by atoms with Crippen molar-refractivity contribution >= 4 is 34.5 Å². The van der Waals surface area contributed by atoms with Gasteiger partial charge in [-0.15, -0.1) is 11.3 Å². The molecule has 1 fully saturated rings. The lowest BCUT2D eigenvalue weighted by atomic mass is 10.0. The Bertz CT molecular complexity index is 738. The summed E-state index contributed by atoms with van der Waals surface area (Å²) in [6.07, 6.45) is 0. The molecule has 1 aliphatic rings. The van der Waals surface area contributed by atoms with E-state index < -0.39 is 0 Å². The van der Waals surface area contributed by atoms with Crippen molar-refractivity contribution in [3.8, 4) is 0 Å². The third kappa shape index (κ3) is 5.30. The lowest BCUT2D eigenvalue weighted by Gasteiger charge is -2.34. The molecule has 1 aromatic heterocycles. The van der Waals surface area contributed by atoms with Crippen LogP contribution in [-0.2, 0) is 11.3 Å². The van der Waals surface area contributed by atoms with Crippen molar-refractivity contribution in [2.24, 2.45) is 0 Å². The molecule has 1 N–H and O–H groups in total.